The Labute approximate surface area is 198 Å². The number of halogens is 4. The van der Waals surface area contributed by atoms with Gasteiger partial charge in [-0.15, -0.1) is 24.0 Å². The predicted octanol–water partition coefficient (Wildman–Crippen LogP) is 3.89. The normalized spacial score (nSPS) is 14.8. The molecule has 0 aromatic heterocycles. The molecule has 0 saturated heterocycles. The first-order chi connectivity index (χ1) is 14.4. The second-order valence-electron chi connectivity index (χ2n) is 7.35. The fraction of sp³-hybridized carbons (Fsp3) is 0.619. The SMILES string of the molecule is CCNC(=NCc1ccc(COCC(F)(F)F)cc1)NCCC(=O)NC1CCCC1.I. The summed E-state index contributed by atoms with van der Waals surface area (Å²) in [5, 5.41) is 9.34. The van der Waals surface area contributed by atoms with Crippen molar-refractivity contribution in [3.8, 4) is 0 Å². The molecule has 1 aliphatic rings. The second-order valence-corrected chi connectivity index (χ2v) is 7.35. The molecule has 2 rings (SSSR count). The van der Waals surface area contributed by atoms with Gasteiger partial charge in [0.1, 0.15) is 6.61 Å². The number of nitrogens with one attached hydrogen (secondary N) is 3. The zero-order valence-electron chi connectivity index (χ0n) is 17.8. The van der Waals surface area contributed by atoms with Gasteiger partial charge in [0.15, 0.2) is 5.96 Å². The Hall–Kier alpha value is -1.56. The van der Waals surface area contributed by atoms with Crippen molar-refractivity contribution in [2.75, 3.05) is 19.7 Å². The lowest BCUT2D eigenvalue weighted by Crippen LogP contribution is -2.40. The molecule has 0 atom stereocenters. The Morgan fingerprint density at radius 1 is 1.13 bits per heavy atom. The molecule has 0 heterocycles. The zero-order valence-corrected chi connectivity index (χ0v) is 20.1. The van der Waals surface area contributed by atoms with Gasteiger partial charge in [-0.3, -0.25) is 4.79 Å². The van der Waals surface area contributed by atoms with Crippen molar-refractivity contribution in [3.63, 3.8) is 0 Å². The molecule has 10 heteroatoms. The van der Waals surface area contributed by atoms with Crippen molar-refractivity contribution in [1.29, 1.82) is 0 Å². The average molecular weight is 556 g/mol. The number of nitrogens with zero attached hydrogens (tertiary/aromatic N) is 1. The maximum absolute atomic E-state index is 12.1. The lowest BCUT2D eigenvalue weighted by Gasteiger charge is -2.14. The third kappa shape index (κ3) is 12.2. The summed E-state index contributed by atoms with van der Waals surface area (Å²) in [4.78, 5) is 16.5. The molecule has 1 fully saturated rings. The highest BCUT2D eigenvalue weighted by Crippen LogP contribution is 2.17. The van der Waals surface area contributed by atoms with Crippen molar-refractivity contribution in [2.24, 2.45) is 4.99 Å². The van der Waals surface area contributed by atoms with Crippen LogP contribution in [0.3, 0.4) is 0 Å². The smallest absolute Gasteiger partial charge is 0.367 e. The van der Waals surface area contributed by atoms with Crippen molar-refractivity contribution in [2.45, 2.75) is 64.4 Å². The topological polar surface area (TPSA) is 74.8 Å². The molecular formula is C21H32F3IN4O2. The fourth-order valence-corrected chi connectivity index (χ4v) is 3.20. The van der Waals surface area contributed by atoms with E-state index >= 15 is 0 Å². The number of guanidine groups is 1. The van der Waals surface area contributed by atoms with E-state index in [1.807, 2.05) is 19.1 Å². The summed E-state index contributed by atoms with van der Waals surface area (Å²) in [5.74, 6) is 0.664. The van der Waals surface area contributed by atoms with Crippen LogP contribution in [0.1, 0.15) is 50.2 Å². The number of carbonyl (C=O) groups excluding carboxylic acids is 1. The highest BCUT2D eigenvalue weighted by Gasteiger charge is 2.27. The molecule has 1 aromatic rings. The molecule has 1 saturated carbocycles. The van der Waals surface area contributed by atoms with Crippen LogP contribution in [0.25, 0.3) is 0 Å². The van der Waals surface area contributed by atoms with Gasteiger partial charge in [0.25, 0.3) is 0 Å². The highest BCUT2D eigenvalue weighted by molar-refractivity contribution is 14.0. The van der Waals surface area contributed by atoms with Gasteiger partial charge < -0.3 is 20.7 Å². The number of carbonyl (C=O) groups is 1. The average Bonchev–Trinajstić information content (AvgIpc) is 3.19. The molecule has 1 aromatic carbocycles. The lowest BCUT2D eigenvalue weighted by atomic mass is 10.1. The van der Waals surface area contributed by atoms with Gasteiger partial charge in [0.05, 0.1) is 13.2 Å². The number of alkyl halides is 3. The summed E-state index contributed by atoms with van der Waals surface area (Å²) in [5.41, 5.74) is 1.59. The summed E-state index contributed by atoms with van der Waals surface area (Å²) >= 11 is 0. The van der Waals surface area contributed by atoms with Crippen LogP contribution < -0.4 is 16.0 Å². The third-order valence-corrected chi connectivity index (χ3v) is 4.69. The monoisotopic (exact) mass is 556 g/mol. The molecule has 176 valence electrons. The minimum atomic E-state index is -4.32. The van der Waals surface area contributed by atoms with Crippen LogP contribution in [0.2, 0.25) is 0 Å². The fourth-order valence-electron chi connectivity index (χ4n) is 3.20. The van der Waals surface area contributed by atoms with Crippen LogP contribution in [0.4, 0.5) is 13.2 Å². The minimum Gasteiger partial charge on any atom is -0.367 e. The Kier molecular flexibility index (Phi) is 12.8. The van der Waals surface area contributed by atoms with Crippen molar-refractivity contribution in [3.05, 3.63) is 35.4 Å². The number of aliphatic imine (C=N–C) groups is 1. The number of benzene rings is 1. The summed E-state index contributed by atoms with van der Waals surface area (Å²) in [6.45, 7) is 2.20. The van der Waals surface area contributed by atoms with E-state index in [4.69, 9.17) is 0 Å². The van der Waals surface area contributed by atoms with Gasteiger partial charge in [-0.1, -0.05) is 37.1 Å². The maximum atomic E-state index is 12.1. The number of rotatable bonds is 10. The van der Waals surface area contributed by atoms with E-state index in [2.05, 4.69) is 25.7 Å². The second kappa shape index (κ2) is 14.5. The highest BCUT2D eigenvalue weighted by atomic mass is 127. The number of hydrogen-bond donors (Lipinski definition) is 3. The Morgan fingerprint density at radius 2 is 1.77 bits per heavy atom. The van der Waals surface area contributed by atoms with E-state index in [1.54, 1.807) is 12.1 Å². The molecule has 0 spiro atoms. The Morgan fingerprint density at radius 3 is 2.39 bits per heavy atom. The van der Waals surface area contributed by atoms with Crippen LogP contribution >= 0.6 is 24.0 Å². The first kappa shape index (κ1) is 27.5. The van der Waals surface area contributed by atoms with E-state index in [1.165, 1.54) is 12.8 Å². The van der Waals surface area contributed by atoms with Crippen molar-refractivity contribution >= 4 is 35.8 Å². The van der Waals surface area contributed by atoms with Crippen LogP contribution in [0, 0.1) is 0 Å². The van der Waals surface area contributed by atoms with Gasteiger partial charge in [-0.25, -0.2) is 4.99 Å². The first-order valence-electron chi connectivity index (χ1n) is 10.4. The molecule has 1 aliphatic carbocycles. The Balaban J connectivity index is 0.00000480. The van der Waals surface area contributed by atoms with Crippen LogP contribution in [-0.4, -0.2) is 43.8 Å². The van der Waals surface area contributed by atoms with Gasteiger partial charge in [0, 0.05) is 25.6 Å². The molecule has 6 nitrogen and oxygen atoms in total. The molecule has 0 unspecified atom stereocenters. The third-order valence-electron chi connectivity index (χ3n) is 4.69. The number of ether oxygens (including phenoxy) is 1. The quantitative estimate of drug-likeness (QED) is 0.232. The molecule has 0 bridgehead atoms. The first-order valence-corrected chi connectivity index (χ1v) is 10.4. The molecule has 3 N–H and O–H groups in total. The van der Waals surface area contributed by atoms with Crippen LogP contribution in [0.15, 0.2) is 29.3 Å². The predicted molar refractivity (Wildman–Crippen MR) is 125 cm³/mol. The van der Waals surface area contributed by atoms with Gasteiger partial charge in [0.2, 0.25) is 5.91 Å². The molecular weight excluding hydrogens is 524 g/mol. The number of amides is 1. The molecule has 31 heavy (non-hydrogen) atoms. The minimum absolute atomic E-state index is 0. The van der Waals surface area contributed by atoms with Crippen molar-refractivity contribution < 1.29 is 22.7 Å². The molecule has 0 aliphatic heterocycles. The van der Waals surface area contributed by atoms with Gasteiger partial charge in [-0.2, -0.15) is 13.2 Å². The molecule has 1 amide bonds. The standard InChI is InChI=1S/C21H31F3N4O2.HI/c1-2-25-20(26-12-11-19(29)28-18-5-3-4-6-18)27-13-16-7-9-17(10-8-16)14-30-15-21(22,23)24;/h7-10,18H,2-6,11-15H2,1H3,(H,28,29)(H2,25,26,27);1H. The van der Waals surface area contributed by atoms with E-state index in [-0.39, 0.29) is 36.5 Å². The van der Waals surface area contributed by atoms with Gasteiger partial charge in [-0.05, 0) is 30.9 Å². The van der Waals surface area contributed by atoms with Gasteiger partial charge >= 0.3 is 6.18 Å². The Bertz CT molecular complexity index is 678. The van der Waals surface area contributed by atoms with E-state index < -0.39 is 12.8 Å². The lowest BCUT2D eigenvalue weighted by molar-refractivity contribution is -0.176. The van der Waals surface area contributed by atoms with Crippen LogP contribution in [0.5, 0.6) is 0 Å². The summed E-state index contributed by atoms with van der Waals surface area (Å²) in [6.07, 6.45) is 0.562. The van der Waals surface area contributed by atoms with Crippen molar-refractivity contribution in [1.82, 2.24) is 16.0 Å². The maximum Gasteiger partial charge on any atom is 0.411 e. The summed E-state index contributed by atoms with van der Waals surface area (Å²) in [6, 6.07) is 7.41. The van der Waals surface area contributed by atoms with E-state index in [0.29, 0.717) is 43.6 Å². The molecule has 0 radical (unpaired) electrons. The summed E-state index contributed by atoms with van der Waals surface area (Å²) < 4.78 is 41.0. The van der Waals surface area contributed by atoms with E-state index in [0.717, 1.165) is 18.4 Å². The summed E-state index contributed by atoms with van der Waals surface area (Å²) in [7, 11) is 0. The van der Waals surface area contributed by atoms with E-state index in [9.17, 15) is 18.0 Å². The number of hydrogen-bond acceptors (Lipinski definition) is 3. The van der Waals surface area contributed by atoms with Crippen LogP contribution in [-0.2, 0) is 22.7 Å². The largest absolute Gasteiger partial charge is 0.411 e. The zero-order chi connectivity index (χ0) is 21.8.